The quantitative estimate of drug-likeness (QED) is 0.480. The summed E-state index contributed by atoms with van der Waals surface area (Å²) in [4.78, 5) is 13.2. The molecule has 4 fully saturated rings. The highest BCUT2D eigenvalue weighted by molar-refractivity contribution is 5.66. The topological polar surface area (TPSA) is 70.0 Å². The van der Waals surface area contributed by atoms with Crippen LogP contribution in [0.5, 0.6) is 0 Å². The Bertz CT molecular complexity index is 727. The Morgan fingerprint density at radius 1 is 1.03 bits per heavy atom. The Balaban J connectivity index is 1.47. The van der Waals surface area contributed by atoms with Gasteiger partial charge in [0.05, 0.1) is 18.8 Å². The van der Waals surface area contributed by atoms with Crippen LogP contribution in [0.25, 0.3) is 0 Å². The van der Waals surface area contributed by atoms with Crippen LogP contribution in [0.4, 0.5) is 4.79 Å². The zero-order valence-corrected chi connectivity index (χ0v) is 22.6. The lowest BCUT2D eigenvalue weighted by Crippen LogP contribution is -2.62. The van der Waals surface area contributed by atoms with Crippen molar-refractivity contribution in [2.24, 2.45) is 52.3 Å². The smallest absolute Gasteiger partial charge is 0.409 e. The minimum atomic E-state index is -0.252. The van der Waals surface area contributed by atoms with E-state index in [-0.39, 0.29) is 23.7 Å². The van der Waals surface area contributed by atoms with Gasteiger partial charge in [-0.25, -0.2) is 4.79 Å². The van der Waals surface area contributed by atoms with Crippen molar-refractivity contribution in [3.8, 4) is 0 Å². The lowest BCUT2D eigenvalue weighted by Gasteiger charge is -2.64. The average Bonchev–Trinajstić information content (AvgIpc) is 3.15. The van der Waals surface area contributed by atoms with Gasteiger partial charge in [0.15, 0.2) is 0 Å². The van der Waals surface area contributed by atoms with Gasteiger partial charge in [0.2, 0.25) is 0 Å². The third-order valence-electron chi connectivity index (χ3n) is 11.5. The molecule has 196 valence electrons. The highest BCUT2D eigenvalue weighted by Gasteiger charge is 2.64. The number of carbonyl (C=O) groups excluding carboxylic acids is 1. The van der Waals surface area contributed by atoms with E-state index < -0.39 is 0 Å². The average molecular weight is 478 g/mol. The standard InChI is InChI=1S/C29H51NO4/c1-7-20-24-17-19(31)12-14-29(24,4)23-13-15-28(3)21(10-11-22(28)25(23)26(20)32)18(2)9-8-16-34-27(33)30(5)6/h18-26,31-32H,7-17H2,1-6H3/t18-,19-,20-,21-,22+,23+,24+,25+,26-,28-,29-/m1/s1. The Morgan fingerprint density at radius 3 is 2.38 bits per heavy atom. The molecule has 0 radical (unpaired) electrons. The monoisotopic (exact) mass is 477 g/mol. The van der Waals surface area contributed by atoms with Gasteiger partial charge in [0.1, 0.15) is 0 Å². The predicted octanol–water partition coefficient (Wildman–Crippen LogP) is 5.73. The largest absolute Gasteiger partial charge is 0.449 e. The first-order chi connectivity index (χ1) is 16.0. The predicted molar refractivity (Wildman–Crippen MR) is 135 cm³/mol. The van der Waals surface area contributed by atoms with Crippen molar-refractivity contribution >= 4 is 6.09 Å². The Hall–Kier alpha value is -0.810. The number of hydrogen-bond donors (Lipinski definition) is 2. The van der Waals surface area contributed by atoms with Gasteiger partial charge >= 0.3 is 6.09 Å². The number of aliphatic hydroxyl groups is 2. The molecule has 0 heterocycles. The Labute approximate surface area is 208 Å². The molecule has 5 heteroatoms. The fraction of sp³-hybridized carbons (Fsp3) is 0.966. The lowest BCUT2D eigenvalue weighted by atomic mass is 9.41. The van der Waals surface area contributed by atoms with E-state index in [9.17, 15) is 15.0 Å². The molecule has 4 aliphatic rings. The van der Waals surface area contributed by atoms with E-state index in [1.165, 1.54) is 30.6 Å². The second-order valence-corrected chi connectivity index (χ2v) is 13.3. The molecule has 0 unspecified atom stereocenters. The van der Waals surface area contributed by atoms with Crippen molar-refractivity contribution in [3.63, 3.8) is 0 Å². The van der Waals surface area contributed by atoms with E-state index in [1.54, 1.807) is 14.1 Å². The zero-order valence-electron chi connectivity index (χ0n) is 22.6. The van der Waals surface area contributed by atoms with Crippen LogP contribution in [0.3, 0.4) is 0 Å². The first-order valence-electron chi connectivity index (χ1n) is 14.2. The van der Waals surface area contributed by atoms with E-state index in [1.807, 2.05) is 0 Å². The fourth-order valence-electron chi connectivity index (χ4n) is 9.83. The van der Waals surface area contributed by atoms with E-state index in [4.69, 9.17) is 4.74 Å². The van der Waals surface area contributed by atoms with E-state index in [0.29, 0.717) is 53.4 Å². The van der Waals surface area contributed by atoms with Crippen molar-refractivity contribution in [3.05, 3.63) is 0 Å². The number of rotatable bonds is 6. The fourth-order valence-corrected chi connectivity index (χ4v) is 9.83. The highest BCUT2D eigenvalue weighted by Crippen LogP contribution is 2.69. The van der Waals surface area contributed by atoms with Gasteiger partial charge in [-0.15, -0.1) is 0 Å². The summed E-state index contributed by atoms with van der Waals surface area (Å²) in [5.74, 6) is 3.71. The molecule has 0 saturated heterocycles. The van der Waals surface area contributed by atoms with Crippen molar-refractivity contribution in [2.75, 3.05) is 20.7 Å². The maximum atomic E-state index is 11.8. The van der Waals surface area contributed by atoms with Crippen LogP contribution >= 0.6 is 0 Å². The summed E-state index contributed by atoms with van der Waals surface area (Å²) < 4.78 is 5.36. The van der Waals surface area contributed by atoms with Crippen LogP contribution in [0.2, 0.25) is 0 Å². The van der Waals surface area contributed by atoms with Crippen molar-refractivity contribution in [1.82, 2.24) is 4.90 Å². The number of nitrogens with zero attached hydrogens (tertiary/aromatic N) is 1. The molecule has 11 atom stereocenters. The van der Waals surface area contributed by atoms with Crippen LogP contribution in [-0.4, -0.2) is 54.1 Å². The third-order valence-corrected chi connectivity index (χ3v) is 11.5. The molecular formula is C29H51NO4. The van der Waals surface area contributed by atoms with Crippen LogP contribution in [0, 0.1) is 52.3 Å². The minimum Gasteiger partial charge on any atom is -0.449 e. The molecule has 5 nitrogen and oxygen atoms in total. The number of fused-ring (bicyclic) bond motifs is 5. The van der Waals surface area contributed by atoms with Crippen LogP contribution in [0.1, 0.15) is 91.9 Å². The first kappa shape index (κ1) is 26.3. The molecule has 0 aliphatic heterocycles. The molecule has 4 rings (SSSR count). The maximum Gasteiger partial charge on any atom is 0.409 e. The number of ether oxygens (including phenoxy) is 1. The molecular weight excluding hydrogens is 426 g/mol. The van der Waals surface area contributed by atoms with Gasteiger partial charge in [0.25, 0.3) is 0 Å². The molecule has 34 heavy (non-hydrogen) atoms. The first-order valence-corrected chi connectivity index (χ1v) is 14.2. The molecule has 2 N–H and O–H groups in total. The van der Waals surface area contributed by atoms with Gasteiger partial charge < -0.3 is 19.8 Å². The number of aliphatic hydroxyl groups excluding tert-OH is 2. The van der Waals surface area contributed by atoms with Gasteiger partial charge in [-0.2, -0.15) is 0 Å². The summed E-state index contributed by atoms with van der Waals surface area (Å²) in [5, 5.41) is 22.3. The van der Waals surface area contributed by atoms with Gasteiger partial charge in [-0.05, 0) is 110 Å². The summed E-state index contributed by atoms with van der Waals surface area (Å²) in [6.07, 6.45) is 10.4. The maximum absolute atomic E-state index is 11.8. The molecule has 4 saturated carbocycles. The van der Waals surface area contributed by atoms with E-state index in [0.717, 1.165) is 38.5 Å². The molecule has 0 aromatic rings. The minimum absolute atomic E-state index is 0.182. The van der Waals surface area contributed by atoms with Crippen molar-refractivity contribution < 1.29 is 19.7 Å². The Kier molecular flexibility index (Phi) is 7.66. The summed E-state index contributed by atoms with van der Waals surface area (Å²) in [6, 6.07) is 0. The molecule has 0 spiro atoms. The summed E-state index contributed by atoms with van der Waals surface area (Å²) in [5.41, 5.74) is 0.572. The molecule has 1 amide bonds. The molecule has 0 aromatic heterocycles. The Morgan fingerprint density at radius 2 is 1.71 bits per heavy atom. The van der Waals surface area contributed by atoms with Gasteiger partial charge in [0, 0.05) is 14.1 Å². The normalized spacial score (nSPS) is 46.7. The number of hydrogen-bond acceptors (Lipinski definition) is 4. The summed E-state index contributed by atoms with van der Waals surface area (Å²) >= 11 is 0. The number of amides is 1. The third kappa shape index (κ3) is 4.31. The van der Waals surface area contributed by atoms with Gasteiger partial charge in [-0.3, -0.25) is 0 Å². The van der Waals surface area contributed by atoms with E-state index in [2.05, 4.69) is 27.7 Å². The van der Waals surface area contributed by atoms with Crippen molar-refractivity contribution in [2.45, 2.75) is 104 Å². The second kappa shape index (κ2) is 9.92. The van der Waals surface area contributed by atoms with Crippen LogP contribution in [-0.2, 0) is 4.74 Å². The highest BCUT2D eigenvalue weighted by atomic mass is 16.6. The molecule has 0 aromatic carbocycles. The van der Waals surface area contributed by atoms with Crippen LogP contribution in [0.15, 0.2) is 0 Å². The van der Waals surface area contributed by atoms with Crippen molar-refractivity contribution in [1.29, 1.82) is 0 Å². The second-order valence-electron chi connectivity index (χ2n) is 13.3. The SMILES string of the molecule is CC[C@H]1[C@@H](O)[C@@H]2[C@H](CC[C@]3(C)[C@@H]([C@H](C)CCCOC(=O)N(C)C)CC[C@@H]23)[C@@]2(C)CC[C@@H](O)C[C@@H]12. The number of carbonyl (C=O) groups is 1. The molecule has 4 aliphatic carbocycles. The summed E-state index contributed by atoms with van der Waals surface area (Å²) in [6.45, 7) is 10.2. The van der Waals surface area contributed by atoms with Crippen LogP contribution < -0.4 is 0 Å². The molecule has 0 bridgehead atoms. The summed E-state index contributed by atoms with van der Waals surface area (Å²) in [7, 11) is 3.45. The van der Waals surface area contributed by atoms with Gasteiger partial charge in [-0.1, -0.05) is 34.1 Å². The lowest BCUT2D eigenvalue weighted by molar-refractivity contribution is -0.203. The zero-order chi connectivity index (χ0) is 24.8. The van der Waals surface area contributed by atoms with E-state index >= 15 is 0 Å².